The molecule has 0 amide bonds. The topological polar surface area (TPSA) is 172 Å². The van der Waals surface area contributed by atoms with Crippen molar-refractivity contribution in [2.45, 2.75) is 13.8 Å². The summed E-state index contributed by atoms with van der Waals surface area (Å²) >= 11 is 4.47. The second kappa shape index (κ2) is 23.7. The van der Waals surface area contributed by atoms with E-state index >= 15 is 0 Å². The molecule has 4 aromatic rings. The van der Waals surface area contributed by atoms with Crippen LogP contribution in [0, 0.1) is 46.1 Å². The van der Waals surface area contributed by atoms with E-state index in [1.807, 2.05) is 7.05 Å². The van der Waals surface area contributed by atoms with Crippen LogP contribution in [0.2, 0.25) is 0 Å². The van der Waals surface area contributed by atoms with Crippen LogP contribution in [0.5, 0.6) is 5.75 Å². The van der Waals surface area contributed by atoms with Crippen molar-refractivity contribution in [1.82, 2.24) is 38.2 Å². The van der Waals surface area contributed by atoms with Gasteiger partial charge in [0.1, 0.15) is 11.2 Å². The summed E-state index contributed by atoms with van der Waals surface area (Å²) in [6, 6.07) is 0.531. The van der Waals surface area contributed by atoms with E-state index in [1.165, 1.54) is 31.8 Å². The van der Waals surface area contributed by atoms with Crippen molar-refractivity contribution in [2.24, 2.45) is 28.2 Å². The molecule has 0 aromatic carbocycles. The molecule has 0 saturated carbocycles. The fraction of sp³-hybridized carbons (Fsp3) is 0.273. The van der Waals surface area contributed by atoms with Gasteiger partial charge in [-0.15, -0.1) is 6.04 Å². The van der Waals surface area contributed by atoms with Gasteiger partial charge in [-0.05, 0) is 14.1 Å². The largest absolute Gasteiger partial charge is 1.00 e. The maximum absolute atomic E-state index is 11.0. The minimum Gasteiger partial charge on any atom is 1.00 e. The first-order valence-corrected chi connectivity index (χ1v) is 11.5. The van der Waals surface area contributed by atoms with Crippen LogP contribution in [0.25, 0.3) is 0 Å². The van der Waals surface area contributed by atoms with Gasteiger partial charge in [-0.2, -0.15) is 0 Å². The van der Waals surface area contributed by atoms with E-state index < -0.39 is 0 Å². The first-order valence-electron chi connectivity index (χ1n) is 11.6. The van der Waals surface area contributed by atoms with Gasteiger partial charge in [0.15, 0.2) is 0 Å². The molecule has 0 spiro atoms. The van der Waals surface area contributed by atoms with Crippen molar-refractivity contribution in [3.05, 3.63) is 99.4 Å². The second-order valence-electron chi connectivity index (χ2n) is 7.08. The Bertz CT molecular complexity index is 1840. The number of aromatic nitrogens is 8. The molecule has 4 heterocycles. The molecule has 4 rings (SSSR count). The van der Waals surface area contributed by atoms with E-state index in [4.69, 9.17) is 14.6 Å². The first kappa shape index (κ1) is 39.4. The minimum absolute atomic E-state index is 0. The van der Waals surface area contributed by atoms with Gasteiger partial charge < -0.3 is 39.2 Å². The predicted molar refractivity (Wildman–Crippen MR) is 125 cm³/mol. The molecule has 0 saturated heterocycles. The Kier molecular flexibility index (Phi) is 23.4. The molecule has 13 nitrogen and oxygen atoms in total. The molecular weight excluding hydrogens is 673 g/mol. The maximum atomic E-state index is 11.0. The van der Waals surface area contributed by atoms with Crippen molar-refractivity contribution in [2.75, 3.05) is 0 Å². The number of aromatic amines is 2. The van der Waals surface area contributed by atoms with Crippen molar-refractivity contribution in [3.8, 4) is 5.75 Å². The van der Waals surface area contributed by atoms with Gasteiger partial charge in [0.05, 0.1) is 0 Å². The molecule has 0 bridgehead atoms. The molecule has 0 fully saturated rings. The summed E-state index contributed by atoms with van der Waals surface area (Å²) in [5, 5.41) is 15.9. The van der Waals surface area contributed by atoms with Gasteiger partial charge in [0.25, 0.3) is 0 Å². The Morgan fingerprint density at radius 1 is 0.950 bits per heavy atom. The summed E-state index contributed by atoms with van der Waals surface area (Å²) in [5.41, 5.74) is -0.164. The van der Waals surface area contributed by atoms with Gasteiger partial charge >= 0.3 is 280 Å². The molecular formula is C22H26K3N9O4V2. The molecule has 0 unspecified atom stereocenters. The van der Waals surface area contributed by atoms with Crippen LogP contribution < -0.4 is 177 Å². The maximum Gasteiger partial charge on any atom is 1.00 e. The fourth-order valence-corrected chi connectivity index (χ4v) is 2.48. The number of hydrogen-bond acceptors (Lipinski definition) is 7. The summed E-state index contributed by atoms with van der Waals surface area (Å²) in [7, 11) is 6.42. The van der Waals surface area contributed by atoms with Gasteiger partial charge in [0, 0.05) is 13.4 Å². The zero-order valence-electron chi connectivity index (χ0n) is 26.8. The number of hydrogen-bond donors (Lipinski definition) is 4. The Balaban J connectivity index is -0.000000486. The smallest absolute Gasteiger partial charge is 1.00 e. The van der Waals surface area contributed by atoms with Crippen LogP contribution in [-0.2, 0) is 62.1 Å². The molecule has 40 heavy (non-hydrogen) atoms. The summed E-state index contributed by atoms with van der Waals surface area (Å²) < 4.78 is 28.4. The zero-order valence-corrected chi connectivity index (χ0v) is 36.0. The Hall–Kier alpha value is 1.40. The van der Waals surface area contributed by atoms with E-state index in [0.29, 0.717) is 21.8 Å². The van der Waals surface area contributed by atoms with E-state index in [1.54, 1.807) is 18.5 Å². The predicted octanol–water partition coefficient (Wildman–Crippen LogP) is -10.0. The summed E-state index contributed by atoms with van der Waals surface area (Å²) in [6.07, 6.45) is 8.95. The van der Waals surface area contributed by atoms with Crippen LogP contribution >= 0.6 is 0 Å². The fourth-order valence-electron chi connectivity index (χ4n) is 1.93. The number of rotatable bonds is 0. The molecule has 196 valence electrons. The average molecular weight is 706 g/mol. The zero-order chi connectivity index (χ0) is 30.9. The van der Waals surface area contributed by atoms with E-state index in [-0.39, 0.29) is 194 Å². The molecule has 4 aromatic heterocycles. The molecule has 0 aliphatic rings. The third kappa shape index (κ3) is 17.6. The molecule has 0 atom stereocenters. The third-order valence-corrected chi connectivity index (χ3v) is 5.08. The average Bonchev–Trinajstić information content (AvgIpc) is 2.87. The SMILES string of the molecule is Cn1[c-]nc(=N)[nH]c1=O.[3H]c1[c-]n(C)[c](=[V])nc1C.[3H]c1[c-]n(C)c(=O)c(C)c1O.[3H]c1cn(C)c(=O)[nH][c]1=[V].[K+].[K+].[K+]. The van der Waals surface area contributed by atoms with Crippen molar-refractivity contribution in [1.29, 1.82) is 5.41 Å². The number of H-pyrrole nitrogens is 2. The first-order chi connectivity index (χ1) is 18.5. The van der Waals surface area contributed by atoms with Crippen LogP contribution in [0.3, 0.4) is 0 Å². The molecule has 0 aliphatic carbocycles. The number of nitrogens with zero attached hydrogens (tertiary/aromatic N) is 6. The second-order valence-corrected chi connectivity index (χ2v) is 8.40. The molecule has 0 radical (unpaired) electrons. The Morgan fingerprint density at radius 3 is 2.02 bits per heavy atom. The van der Waals surface area contributed by atoms with Crippen LogP contribution in [-0.4, -0.2) is 43.3 Å². The van der Waals surface area contributed by atoms with Crippen LogP contribution in [0.15, 0.2) is 38.7 Å². The van der Waals surface area contributed by atoms with Gasteiger partial charge in [-0.3, -0.25) is 0 Å². The standard InChI is InChI=1S/C7H8NO2.C6H7N2.C5H6N2O.C4H5N4O.3K.2V/c1-5-6(9)3-4-8(2)7(5)10;1-6-3-4-8(2)5-7-6;1-7-4-2-3-6-5(7)8;1-8-2-6-3(5)7-4(8)9;;;;;/h3,9H,1-2H3;3H,1-2H3;2,4H,1H3,(H,6,8);1H3,(H2,5,7,9);;;;;/q2*-1;;-1;3*+1;;/i2*3T;2T;;;;;;. The van der Waals surface area contributed by atoms with E-state index in [2.05, 4.69) is 72.6 Å². The third-order valence-electron chi connectivity index (χ3n) is 4.08. The van der Waals surface area contributed by atoms with Crippen molar-refractivity contribution in [3.63, 3.8) is 0 Å². The quantitative estimate of drug-likeness (QED) is 0.105. The monoisotopic (exact) mass is 705 g/mol. The molecule has 0 aliphatic heterocycles. The van der Waals surface area contributed by atoms with Crippen molar-refractivity contribution >= 4 is 0 Å². The number of pyridine rings is 1. The number of aryl methyl sites for hydroxylation is 5. The van der Waals surface area contributed by atoms with Crippen LogP contribution in [0.1, 0.15) is 15.4 Å². The van der Waals surface area contributed by atoms with Crippen LogP contribution in [0.4, 0.5) is 0 Å². The number of aromatic hydroxyl groups is 1. The normalized spacial score (nSPS) is 9.85. The Morgan fingerprint density at radius 2 is 1.52 bits per heavy atom. The van der Waals surface area contributed by atoms with Gasteiger partial charge in [-0.25, -0.2) is 0 Å². The molecule has 4 N–H and O–H groups in total. The summed E-state index contributed by atoms with van der Waals surface area (Å²) in [4.78, 5) is 44.5. The van der Waals surface area contributed by atoms with Gasteiger partial charge in [0.2, 0.25) is 5.69 Å². The summed E-state index contributed by atoms with van der Waals surface area (Å²) in [6.45, 7) is 3.28. The van der Waals surface area contributed by atoms with E-state index in [0.717, 1.165) is 13.3 Å². The van der Waals surface area contributed by atoms with E-state index in [9.17, 15) is 14.4 Å². The van der Waals surface area contributed by atoms with Gasteiger partial charge in [-0.1, -0.05) is 18.7 Å². The minimum atomic E-state index is -0.380. The van der Waals surface area contributed by atoms with Crippen molar-refractivity contribution < 1.29 is 197 Å². The molecule has 18 heteroatoms. The number of nitrogens with one attached hydrogen (secondary N) is 3. The summed E-state index contributed by atoms with van der Waals surface area (Å²) in [5.74, 6) is -0.284. The Labute approximate surface area is 380 Å².